The van der Waals surface area contributed by atoms with E-state index < -0.39 is 0 Å². The predicted molar refractivity (Wildman–Crippen MR) is 124 cm³/mol. The van der Waals surface area contributed by atoms with Gasteiger partial charge in [0, 0.05) is 11.6 Å². The minimum absolute atomic E-state index is 0.455. The van der Waals surface area contributed by atoms with Crippen molar-refractivity contribution < 1.29 is 18.9 Å². The van der Waals surface area contributed by atoms with Crippen molar-refractivity contribution in [2.45, 2.75) is 19.6 Å². The lowest BCUT2D eigenvalue weighted by Crippen LogP contribution is -2.16. The average molecular weight is 442 g/mol. The molecule has 0 atom stereocenters. The summed E-state index contributed by atoms with van der Waals surface area (Å²) in [4.78, 5) is 0. The van der Waals surface area contributed by atoms with Gasteiger partial charge in [-0.1, -0.05) is 35.9 Å². The molecule has 1 N–H and O–H groups in total. The zero-order chi connectivity index (χ0) is 22.1. The van der Waals surface area contributed by atoms with E-state index in [0.717, 1.165) is 42.1 Å². The van der Waals surface area contributed by atoms with Crippen LogP contribution in [0.3, 0.4) is 0 Å². The Morgan fingerprint density at radius 1 is 0.677 bits per heavy atom. The van der Waals surface area contributed by atoms with Gasteiger partial charge in [0.05, 0.1) is 21.3 Å². The highest BCUT2D eigenvalue weighted by Gasteiger charge is 2.07. The Hall–Kier alpha value is -2.89. The van der Waals surface area contributed by atoms with Crippen LogP contribution < -0.4 is 24.3 Å². The Labute approximate surface area is 188 Å². The summed E-state index contributed by atoms with van der Waals surface area (Å²) in [6, 6.07) is 19.6. The third kappa shape index (κ3) is 6.54. The van der Waals surface area contributed by atoms with E-state index in [2.05, 4.69) is 11.4 Å². The lowest BCUT2D eigenvalue weighted by molar-refractivity contribution is 0.284. The summed E-state index contributed by atoms with van der Waals surface area (Å²) in [5, 5.41) is 4.18. The molecule has 0 aliphatic rings. The van der Waals surface area contributed by atoms with Crippen LogP contribution in [0.1, 0.15) is 16.7 Å². The van der Waals surface area contributed by atoms with E-state index in [9.17, 15) is 0 Å². The van der Waals surface area contributed by atoms with Gasteiger partial charge in [0.2, 0.25) is 0 Å². The van der Waals surface area contributed by atoms with E-state index in [0.29, 0.717) is 23.1 Å². The maximum atomic E-state index is 5.93. The fourth-order valence-electron chi connectivity index (χ4n) is 3.18. The Kier molecular flexibility index (Phi) is 8.44. The maximum absolute atomic E-state index is 5.93. The second-order valence-corrected chi connectivity index (χ2v) is 7.45. The van der Waals surface area contributed by atoms with Crippen molar-refractivity contribution >= 4 is 11.6 Å². The van der Waals surface area contributed by atoms with Gasteiger partial charge in [-0.25, -0.2) is 0 Å². The molecule has 0 aromatic heterocycles. The Bertz CT molecular complexity index is 976. The number of hydrogen-bond acceptors (Lipinski definition) is 5. The fraction of sp³-hybridized carbons (Fsp3) is 0.280. The first-order chi connectivity index (χ1) is 15.1. The first kappa shape index (κ1) is 22.8. The van der Waals surface area contributed by atoms with Crippen LogP contribution in [-0.4, -0.2) is 27.9 Å². The molecule has 0 aliphatic carbocycles. The molecule has 0 heterocycles. The molecule has 0 bridgehead atoms. The molecule has 0 saturated carbocycles. The molecular weight excluding hydrogens is 414 g/mol. The molecule has 0 radical (unpaired) electrons. The molecule has 0 saturated heterocycles. The summed E-state index contributed by atoms with van der Waals surface area (Å²) in [6.07, 6.45) is 0.889. The summed E-state index contributed by atoms with van der Waals surface area (Å²) >= 11 is 5.93. The van der Waals surface area contributed by atoms with Crippen LogP contribution in [0.15, 0.2) is 60.7 Å². The number of ether oxygens (including phenoxy) is 4. The van der Waals surface area contributed by atoms with Crippen LogP contribution in [0.2, 0.25) is 5.02 Å². The molecule has 0 unspecified atom stereocenters. The van der Waals surface area contributed by atoms with E-state index in [4.69, 9.17) is 30.5 Å². The van der Waals surface area contributed by atoms with Crippen molar-refractivity contribution in [3.63, 3.8) is 0 Å². The number of rotatable bonds is 11. The van der Waals surface area contributed by atoms with Gasteiger partial charge in [-0.2, -0.15) is 0 Å². The van der Waals surface area contributed by atoms with Gasteiger partial charge in [-0.05, 0) is 66.1 Å². The topological polar surface area (TPSA) is 49.0 Å². The summed E-state index contributed by atoms with van der Waals surface area (Å²) in [6.45, 7) is 2.03. The third-order valence-corrected chi connectivity index (χ3v) is 5.16. The number of halogens is 1. The van der Waals surface area contributed by atoms with Gasteiger partial charge in [-0.15, -0.1) is 0 Å². The normalized spacial score (nSPS) is 10.6. The van der Waals surface area contributed by atoms with E-state index in [1.54, 1.807) is 21.3 Å². The van der Waals surface area contributed by atoms with Gasteiger partial charge in [-0.3, -0.25) is 0 Å². The second kappa shape index (κ2) is 11.5. The number of nitrogens with one attached hydrogen (secondary N) is 1. The first-order valence-corrected chi connectivity index (χ1v) is 10.5. The average Bonchev–Trinajstić information content (AvgIpc) is 2.81. The number of hydrogen-bond donors (Lipinski definition) is 1. The second-order valence-electron chi connectivity index (χ2n) is 7.02. The minimum Gasteiger partial charge on any atom is -0.493 e. The number of methoxy groups -OCH3 is 3. The van der Waals surface area contributed by atoms with Crippen LogP contribution in [0.25, 0.3) is 0 Å². The largest absolute Gasteiger partial charge is 0.493 e. The van der Waals surface area contributed by atoms with E-state index >= 15 is 0 Å². The van der Waals surface area contributed by atoms with Gasteiger partial charge in [0.15, 0.2) is 23.0 Å². The monoisotopic (exact) mass is 441 g/mol. The quantitative estimate of drug-likeness (QED) is 0.410. The minimum atomic E-state index is 0.455. The smallest absolute Gasteiger partial charge is 0.161 e. The molecule has 0 aliphatic heterocycles. The Balaban J connectivity index is 1.51. The highest BCUT2D eigenvalue weighted by Crippen LogP contribution is 2.29. The van der Waals surface area contributed by atoms with Gasteiger partial charge in [0.25, 0.3) is 0 Å². The van der Waals surface area contributed by atoms with Crippen molar-refractivity contribution in [3.8, 4) is 23.0 Å². The highest BCUT2D eigenvalue weighted by molar-refractivity contribution is 6.30. The molecule has 0 fully saturated rings. The third-order valence-electron chi connectivity index (χ3n) is 4.90. The van der Waals surface area contributed by atoms with Crippen LogP contribution in [0, 0.1) is 0 Å². The lowest BCUT2D eigenvalue weighted by atomic mass is 10.1. The summed E-state index contributed by atoms with van der Waals surface area (Å²) in [7, 11) is 4.94. The van der Waals surface area contributed by atoms with E-state index in [1.807, 2.05) is 54.6 Å². The summed E-state index contributed by atoms with van der Waals surface area (Å²) in [5.41, 5.74) is 3.36. The Morgan fingerprint density at radius 2 is 1.26 bits per heavy atom. The molecule has 164 valence electrons. The lowest BCUT2D eigenvalue weighted by Gasteiger charge is -2.13. The van der Waals surface area contributed by atoms with Crippen molar-refractivity contribution in [3.05, 3.63) is 82.4 Å². The summed E-state index contributed by atoms with van der Waals surface area (Å²) in [5.74, 6) is 2.92. The molecule has 3 aromatic carbocycles. The standard InChI is InChI=1S/C25H28ClNO4/c1-28-22-10-6-18(14-24(22)29-2)12-13-27-16-20-7-11-23(25(15-20)30-3)31-17-19-4-8-21(26)9-5-19/h4-11,14-15,27H,12-13,16-17H2,1-3H3. The molecule has 3 aromatic rings. The zero-order valence-electron chi connectivity index (χ0n) is 18.1. The Morgan fingerprint density at radius 3 is 1.97 bits per heavy atom. The van der Waals surface area contributed by atoms with E-state index in [-0.39, 0.29) is 0 Å². The maximum Gasteiger partial charge on any atom is 0.161 e. The summed E-state index contributed by atoms with van der Waals surface area (Å²) < 4.78 is 22.1. The SMILES string of the molecule is COc1ccc(CCNCc2ccc(OCc3ccc(Cl)cc3)c(OC)c2)cc1OC. The molecule has 5 nitrogen and oxygen atoms in total. The van der Waals surface area contributed by atoms with E-state index in [1.165, 1.54) is 5.56 Å². The molecule has 0 amide bonds. The van der Waals surface area contributed by atoms with Crippen molar-refractivity contribution in [1.82, 2.24) is 5.32 Å². The van der Waals surface area contributed by atoms with Crippen molar-refractivity contribution in [2.75, 3.05) is 27.9 Å². The molecule has 3 rings (SSSR count). The number of benzene rings is 3. The molecular formula is C25H28ClNO4. The highest BCUT2D eigenvalue weighted by atomic mass is 35.5. The van der Waals surface area contributed by atoms with Crippen LogP contribution in [-0.2, 0) is 19.6 Å². The van der Waals surface area contributed by atoms with Gasteiger partial charge >= 0.3 is 0 Å². The van der Waals surface area contributed by atoms with Crippen LogP contribution >= 0.6 is 11.6 Å². The first-order valence-electron chi connectivity index (χ1n) is 10.1. The molecule has 0 spiro atoms. The fourth-order valence-corrected chi connectivity index (χ4v) is 3.31. The van der Waals surface area contributed by atoms with Crippen molar-refractivity contribution in [2.24, 2.45) is 0 Å². The van der Waals surface area contributed by atoms with Crippen LogP contribution in [0.5, 0.6) is 23.0 Å². The molecule has 6 heteroatoms. The zero-order valence-corrected chi connectivity index (χ0v) is 18.9. The van der Waals surface area contributed by atoms with Gasteiger partial charge < -0.3 is 24.3 Å². The molecule has 31 heavy (non-hydrogen) atoms. The predicted octanol–water partition coefficient (Wildman–Crippen LogP) is 5.28. The van der Waals surface area contributed by atoms with Crippen LogP contribution in [0.4, 0.5) is 0 Å². The van der Waals surface area contributed by atoms with Crippen molar-refractivity contribution in [1.29, 1.82) is 0 Å². The van der Waals surface area contributed by atoms with Gasteiger partial charge in [0.1, 0.15) is 6.61 Å².